The normalized spacial score (nSPS) is 35.4. The molecule has 6 heteroatoms. The van der Waals surface area contributed by atoms with Gasteiger partial charge in [0.05, 0.1) is 29.8 Å². The Morgan fingerprint density at radius 2 is 1.90 bits per heavy atom. The molecule has 0 N–H and O–H groups in total. The van der Waals surface area contributed by atoms with Gasteiger partial charge in [-0.3, -0.25) is 4.68 Å². The van der Waals surface area contributed by atoms with Gasteiger partial charge in [0, 0.05) is 32.6 Å². The van der Waals surface area contributed by atoms with Gasteiger partial charge in [-0.25, -0.2) is 0 Å². The van der Waals surface area contributed by atoms with Crippen LogP contribution in [0.2, 0.25) is 0 Å². The number of aromatic nitrogens is 4. The summed E-state index contributed by atoms with van der Waals surface area (Å²) in [5.74, 6) is 3.35. The van der Waals surface area contributed by atoms with Crippen LogP contribution in [-0.4, -0.2) is 56.7 Å². The van der Waals surface area contributed by atoms with Gasteiger partial charge in [-0.15, -0.1) is 5.10 Å². The second-order valence-electron chi connectivity index (χ2n) is 10.4. The fourth-order valence-corrected chi connectivity index (χ4v) is 6.91. The lowest BCUT2D eigenvalue weighted by Crippen LogP contribution is -2.33. The molecule has 0 amide bonds. The molecule has 2 aromatic rings. The lowest BCUT2D eigenvalue weighted by Gasteiger charge is -2.26. The minimum absolute atomic E-state index is 0.569. The highest BCUT2D eigenvalue weighted by molar-refractivity contribution is 5.57. The van der Waals surface area contributed by atoms with E-state index in [0.29, 0.717) is 12.2 Å². The molecule has 6 atom stereocenters. The summed E-state index contributed by atoms with van der Waals surface area (Å²) in [7, 11) is 1.96. The van der Waals surface area contributed by atoms with Crippen LogP contribution < -0.4 is 0 Å². The van der Waals surface area contributed by atoms with Crippen LogP contribution in [0.1, 0.15) is 43.4 Å². The first kappa shape index (κ1) is 18.9. The van der Waals surface area contributed by atoms with Crippen LogP contribution in [0.3, 0.4) is 0 Å². The summed E-state index contributed by atoms with van der Waals surface area (Å²) >= 11 is 0. The third-order valence-corrected chi connectivity index (χ3v) is 8.23. The van der Waals surface area contributed by atoms with Crippen molar-refractivity contribution in [3.05, 3.63) is 29.6 Å². The predicted octanol–water partition coefficient (Wildman–Crippen LogP) is 3.25. The van der Waals surface area contributed by atoms with E-state index in [2.05, 4.69) is 39.3 Å². The van der Waals surface area contributed by atoms with E-state index >= 15 is 0 Å². The molecule has 5 heterocycles. The summed E-state index contributed by atoms with van der Waals surface area (Å²) in [5.41, 5.74) is 4.26. The molecule has 1 saturated carbocycles. The average Bonchev–Trinajstić information content (AvgIpc) is 3.52. The van der Waals surface area contributed by atoms with Gasteiger partial charge in [0.1, 0.15) is 5.69 Å². The second-order valence-corrected chi connectivity index (χ2v) is 10.4. The predicted molar refractivity (Wildman–Crippen MR) is 115 cm³/mol. The van der Waals surface area contributed by atoms with Gasteiger partial charge in [0.25, 0.3) is 0 Å². The quantitative estimate of drug-likeness (QED) is 0.762. The Labute approximate surface area is 179 Å². The SMILES string of the molecule is Cc1cnn(C)c1-c1ccc(CC2C[C@@H]3CN(CC4CC5CCC4O5)C[C@@H]3C2)nn1. The van der Waals surface area contributed by atoms with Crippen molar-refractivity contribution in [3.8, 4) is 11.4 Å². The van der Waals surface area contributed by atoms with Crippen molar-refractivity contribution in [2.75, 3.05) is 19.6 Å². The standard InChI is InChI=1S/C24H33N5O/c1-15-11-25-28(2)24(15)22-5-3-20(26-27-22)9-16-7-17-12-29(13-18(17)8-16)14-19-10-21-4-6-23(19)30-21/h3,5,11,16-19,21,23H,4,6-10,12-14H2,1-2H3/t16?,17-,18+,19?,21?,23?. The van der Waals surface area contributed by atoms with Gasteiger partial charge in [0.15, 0.2) is 0 Å². The third kappa shape index (κ3) is 3.38. The summed E-state index contributed by atoms with van der Waals surface area (Å²) in [6, 6.07) is 4.28. The Kier molecular flexibility index (Phi) is 4.68. The minimum Gasteiger partial charge on any atom is -0.375 e. The Hall–Kier alpha value is -1.79. The van der Waals surface area contributed by atoms with E-state index in [1.165, 1.54) is 51.7 Å². The maximum atomic E-state index is 6.07. The third-order valence-electron chi connectivity index (χ3n) is 8.23. The van der Waals surface area contributed by atoms with Gasteiger partial charge in [0.2, 0.25) is 0 Å². The molecule has 2 bridgehead atoms. The fraction of sp³-hybridized carbons (Fsp3) is 0.708. The Morgan fingerprint density at radius 1 is 1.07 bits per heavy atom. The van der Waals surface area contributed by atoms with Crippen LogP contribution in [0.4, 0.5) is 0 Å². The largest absolute Gasteiger partial charge is 0.375 e. The summed E-state index contributed by atoms with van der Waals surface area (Å²) < 4.78 is 7.95. The molecule has 0 radical (unpaired) electrons. The molecule has 1 aliphatic carbocycles. The second kappa shape index (κ2) is 7.41. The maximum absolute atomic E-state index is 6.07. The smallest absolute Gasteiger partial charge is 0.111 e. The first-order valence-corrected chi connectivity index (χ1v) is 11.8. The number of fused-ring (bicyclic) bond motifs is 3. The molecule has 6 nitrogen and oxygen atoms in total. The number of aryl methyl sites for hydroxylation is 2. The average molecular weight is 408 g/mol. The summed E-state index contributed by atoms with van der Waals surface area (Å²) in [6.45, 7) is 5.96. The van der Waals surface area contributed by atoms with Crippen molar-refractivity contribution in [2.45, 2.75) is 57.7 Å². The number of rotatable bonds is 5. The van der Waals surface area contributed by atoms with Gasteiger partial charge in [-0.2, -0.15) is 10.2 Å². The lowest BCUT2D eigenvalue weighted by molar-refractivity contribution is 0.0853. The number of hydrogen-bond donors (Lipinski definition) is 0. The Balaban J connectivity index is 1.03. The van der Waals surface area contributed by atoms with Crippen molar-refractivity contribution in [1.29, 1.82) is 0 Å². The molecule has 6 rings (SSSR count). The molecule has 4 unspecified atom stereocenters. The topological polar surface area (TPSA) is 56.1 Å². The maximum Gasteiger partial charge on any atom is 0.111 e. The van der Waals surface area contributed by atoms with E-state index in [0.717, 1.165) is 52.7 Å². The van der Waals surface area contributed by atoms with Crippen LogP contribution in [0.25, 0.3) is 11.4 Å². The monoisotopic (exact) mass is 407 g/mol. The molecule has 0 spiro atoms. The molecule has 2 aromatic heterocycles. The van der Waals surface area contributed by atoms with Crippen LogP contribution in [-0.2, 0) is 18.2 Å². The van der Waals surface area contributed by atoms with Gasteiger partial charge in [-0.05, 0) is 80.9 Å². The summed E-state index contributed by atoms with van der Waals surface area (Å²) in [6.07, 6.45) is 10.8. The van der Waals surface area contributed by atoms with Crippen molar-refractivity contribution >= 4 is 0 Å². The van der Waals surface area contributed by atoms with Crippen molar-refractivity contribution in [2.24, 2.45) is 30.7 Å². The number of ether oxygens (including phenoxy) is 1. The van der Waals surface area contributed by atoms with Gasteiger partial charge in [-0.1, -0.05) is 0 Å². The molecule has 3 aliphatic heterocycles. The molecule has 0 aromatic carbocycles. The Bertz CT molecular complexity index is 875. The lowest BCUT2D eigenvalue weighted by atomic mass is 9.89. The molecule has 3 saturated heterocycles. The van der Waals surface area contributed by atoms with Crippen LogP contribution >= 0.6 is 0 Å². The van der Waals surface area contributed by atoms with E-state index in [4.69, 9.17) is 4.74 Å². The number of hydrogen-bond acceptors (Lipinski definition) is 5. The summed E-state index contributed by atoms with van der Waals surface area (Å²) in [4.78, 5) is 2.76. The summed E-state index contributed by atoms with van der Waals surface area (Å²) in [5, 5.41) is 13.4. The van der Waals surface area contributed by atoms with E-state index in [-0.39, 0.29) is 0 Å². The van der Waals surface area contributed by atoms with E-state index in [1.54, 1.807) is 0 Å². The van der Waals surface area contributed by atoms with E-state index in [9.17, 15) is 0 Å². The molecular formula is C24H33N5O. The zero-order valence-corrected chi connectivity index (χ0v) is 18.2. The highest BCUT2D eigenvalue weighted by Gasteiger charge is 2.45. The molecule has 30 heavy (non-hydrogen) atoms. The molecule has 4 fully saturated rings. The van der Waals surface area contributed by atoms with Crippen LogP contribution in [0, 0.1) is 30.6 Å². The van der Waals surface area contributed by atoms with Crippen molar-refractivity contribution in [3.63, 3.8) is 0 Å². The zero-order chi connectivity index (χ0) is 20.2. The van der Waals surface area contributed by atoms with Gasteiger partial charge < -0.3 is 9.64 Å². The molecular weight excluding hydrogens is 374 g/mol. The Morgan fingerprint density at radius 3 is 2.50 bits per heavy atom. The first-order chi connectivity index (χ1) is 14.6. The van der Waals surface area contributed by atoms with E-state index < -0.39 is 0 Å². The highest BCUT2D eigenvalue weighted by Crippen LogP contribution is 2.44. The minimum atomic E-state index is 0.569. The van der Waals surface area contributed by atoms with Gasteiger partial charge >= 0.3 is 0 Å². The van der Waals surface area contributed by atoms with Crippen molar-refractivity contribution < 1.29 is 4.74 Å². The van der Waals surface area contributed by atoms with Crippen LogP contribution in [0.15, 0.2) is 18.3 Å². The van der Waals surface area contributed by atoms with Crippen LogP contribution in [0.5, 0.6) is 0 Å². The van der Waals surface area contributed by atoms with E-state index in [1.807, 2.05) is 17.9 Å². The first-order valence-electron chi connectivity index (χ1n) is 11.8. The molecule has 4 aliphatic rings. The fourth-order valence-electron chi connectivity index (χ4n) is 6.91. The number of likely N-dealkylation sites (tertiary alicyclic amines) is 1. The number of nitrogens with zero attached hydrogens (tertiary/aromatic N) is 5. The molecule has 160 valence electrons. The van der Waals surface area contributed by atoms with Crippen molar-refractivity contribution in [1.82, 2.24) is 24.9 Å². The zero-order valence-electron chi connectivity index (χ0n) is 18.2. The highest BCUT2D eigenvalue weighted by atomic mass is 16.5.